The Kier molecular flexibility index (Phi) is 6.41. The minimum Gasteiger partial charge on any atom is -0.497 e. The van der Waals surface area contributed by atoms with Gasteiger partial charge in [0.15, 0.2) is 0 Å². The van der Waals surface area contributed by atoms with Crippen molar-refractivity contribution in [2.75, 3.05) is 27.3 Å². The molecule has 0 radical (unpaired) electrons. The largest absolute Gasteiger partial charge is 0.497 e. The number of methoxy groups -OCH3 is 1. The molecule has 1 amide bonds. The fourth-order valence-electron chi connectivity index (χ4n) is 2.11. The fraction of sp³-hybridized carbons (Fsp3) is 0.333. The van der Waals surface area contributed by atoms with Crippen LogP contribution in [0.15, 0.2) is 48.7 Å². The summed E-state index contributed by atoms with van der Waals surface area (Å²) in [6.45, 7) is 0.926. The molecule has 0 fully saturated rings. The zero-order chi connectivity index (χ0) is 16.5. The summed E-state index contributed by atoms with van der Waals surface area (Å²) >= 11 is 0. The van der Waals surface area contributed by atoms with Crippen LogP contribution in [0.25, 0.3) is 0 Å². The molecule has 0 atom stereocenters. The lowest BCUT2D eigenvalue weighted by Crippen LogP contribution is -2.30. The minimum atomic E-state index is -0.316. The highest BCUT2D eigenvalue weighted by atomic mass is 16.6. The van der Waals surface area contributed by atoms with Crippen LogP contribution in [0.4, 0.5) is 4.79 Å². The molecule has 1 aromatic heterocycles. The molecular weight excluding hydrogens is 292 g/mol. The molecule has 0 aliphatic rings. The van der Waals surface area contributed by atoms with Crippen LogP contribution in [0.5, 0.6) is 5.75 Å². The van der Waals surface area contributed by atoms with E-state index in [-0.39, 0.29) is 6.09 Å². The third-order valence-corrected chi connectivity index (χ3v) is 3.49. The molecule has 2 aromatic rings. The molecule has 0 bridgehead atoms. The molecule has 0 unspecified atom stereocenters. The number of carbonyl (C=O) groups excluding carboxylic acids is 1. The standard InChI is InChI=1S/C18H22N2O3/c1-20(12-9-16-7-3-4-11-19-16)18(21)23-13-10-15-6-5-8-17(14-15)22-2/h3-8,11,14H,9-10,12-13H2,1-2H3. The van der Waals surface area contributed by atoms with Crippen LogP contribution in [0.3, 0.4) is 0 Å². The minimum absolute atomic E-state index is 0.316. The summed E-state index contributed by atoms with van der Waals surface area (Å²) in [5.74, 6) is 0.807. The van der Waals surface area contributed by atoms with E-state index < -0.39 is 0 Å². The summed E-state index contributed by atoms with van der Waals surface area (Å²) < 4.78 is 10.5. The summed E-state index contributed by atoms with van der Waals surface area (Å²) in [5.41, 5.74) is 2.04. The predicted molar refractivity (Wildman–Crippen MR) is 88.6 cm³/mol. The third kappa shape index (κ3) is 5.62. The van der Waals surface area contributed by atoms with Crippen molar-refractivity contribution >= 4 is 6.09 Å². The first-order chi connectivity index (χ1) is 11.2. The fourth-order valence-corrected chi connectivity index (χ4v) is 2.11. The average Bonchev–Trinajstić information content (AvgIpc) is 2.60. The summed E-state index contributed by atoms with van der Waals surface area (Å²) in [5, 5.41) is 0. The average molecular weight is 314 g/mol. The second-order valence-electron chi connectivity index (χ2n) is 5.21. The molecule has 0 aliphatic heterocycles. The number of hydrogen-bond acceptors (Lipinski definition) is 4. The van der Waals surface area contributed by atoms with E-state index in [1.807, 2.05) is 42.5 Å². The molecule has 0 N–H and O–H groups in total. The summed E-state index contributed by atoms with van der Waals surface area (Å²) in [6.07, 6.45) is 2.81. The van der Waals surface area contributed by atoms with Gasteiger partial charge in [-0.1, -0.05) is 18.2 Å². The molecule has 0 saturated carbocycles. The van der Waals surface area contributed by atoms with Gasteiger partial charge in [-0.15, -0.1) is 0 Å². The van der Waals surface area contributed by atoms with Gasteiger partial charge in [0.2, 0.25) is 0 Å². The van der Waals surface area contributed by atoms with E-state index in [4.69, 9.17) is 9.47 Å². The molecule has 5 heteroatoms. The summed E-state index contributed by atoms with van der Waals surface area (Å²) in [7, 11) is 3.37. The van der Waals surface area contributed by atoms with E-state index in [1.54, 1.807) is 25.3 Å². The van der Waals surface area contributed by atoms with Crippen molar-refractivity contribution in [3.63, 3.8) is 0 Å². The number of benzene rings is 1. The maximum atomic E-state index is 11.9. The van der Waals surface area contributed by atoms with Gasteiger partial charge in [0.1, 0.15) is 5.75 Å². The normalized spacial score (nSPS) is 10.2. The molecule has 5 nitrogen and oxygen atoms in total. The van der Waals surface area contributed by atoms with Crippen LogP contribution in [-0.4, -0.2) is 43.3 Å². The lowest BCUT2D eigenvalue weighted by atomic mass is 10.1. The predicted octanol–water partition coefficient (Wildman–Crippen LogP) is 2.94. The Balaban J connectivity index is 1.71. The lowest BCUT2D eigenvalue weighted by Gasteiger charge is -2.16. The van der Waals surface area contributed by atoms with Gasteiger partial charge in [0.25, 0.3) is 0 Å². The number of amides is 1. The van der Waals surface area contributed by atoms with Crippen molar-refractivity contribution in [2.24, 2.45) is 0 Å². The molecule has 0 spiro atoms. The molecule has 122 valence electrons. The van der Waals surface area contributed by atoms with Crippen molar-refractivity contribution in [1.29, 1.82) is 0 Å². The van der Waals surface area contributed by atoms with Gasteiger partial charge in [-0.3, -0.25) is 4.98 Å². The smallest absolute Gasteiger partial charge is 0.409 e. The molecular formula is C18H22N2O3. The van der Waals surface area contributed by atoms with Gasteiger partial charge in [-0.05, 0) is 29.8 Å². The van der Waals surface area contributed by atoms with Crippen molar-refractivity contribution in [3.8, 4) is 5.75 Å². The molecule has 0 saturated heterocycles. The number of ether oxygens (including phenoxy) is 2. The van der Waals surface area contributed by atoms with Gasteiger partial charge in [-0.2, -0.15) is 0 Å². The van der Waals surface area contributed by atoms with Crippen molar-refractivity contribution < 1.29 is 14.3 Å². The topological polar surface area (TPSA) is 51.7 Å². The summed E-state index contributed by atoms with van der Waals surface area (Å²) in [4.78, 5) is 17.7. The number of rotatable bonds is 7. The zero-order valence-corrected chi connectivity index (χ0v) is 13.6. The number of nitrogens with zero attached hydrogens (tertiary/aromatic N) is 2. The number of likely N-dealkylation sites (N-methyl/N-ethyl adjacent to an activating group) is 1. The molecule has 1 aromatic carbocycles. The molecule has 2 rings (SSSR count). The van der Waals surface area contributed by atoms with E-state index >= 15 is 0 Å². The first-order valence-corrected chi connectivity index (χ1v) is 7.60. The molecule has 0 aliphatic carbocycles. The zero-order valence-electron chi connectivity index (χ0n) is 13.6. The highest BCUT2D eigenvalue weighted by Gasteiger charge is 2.10. The number of aromatic nitrogens is 1. The van der Waals surface area contributed by atoms with Crippen LogP contribution in [0, 0.1) is 0 Å². The number of pyridine rings is 1. The van der Waals surface area contributed by atoms with E-state index in [2.05, 4.69) is 4.98 Å². The first kappa shape index (κ1) is 16.8. The van der Waals surface area contributed by atoms with Crippen LogP contribution in [0.2, 0.25) is 0 Å². The Bertz CT molecular complexity index is 617. The Morgan fingerprint density at radius 2 is 2.04 bits per heavy atom. The van der Waals surface area contributed by atoms with Gasteiger partial charge >= 0.3 is 6.09 Å². The quantitative estimate of drug-likeness (QED) is 0.788. The monoisotopic (exact) mass is 314 g/mol. The Morgan fingerprint density at radius 1 is 1.17 bits per heavy atom. The third-order valence-electron chi connectivity index (χ3n) is 3.49. The highest BCUT2D eigenvalue weighted by Crippen LogP contribution is 2.13. The first-order valence-electron chi connectivity index (χ1n) is 7.60. The van der Waals surface area contributed by atoms with Gasteiger partial charge in [0.05, 0.1) is 13.7 Å². The summed E-state index contributed by atoms with van der Waals surface area (Å²) in [6, 6.07) is 13.5. The maximum Gasteiger partial charge on any atom is 0.409 e. The molecule has 1 heterocycles. The Hall–Kier alpha value is -2.56. The van der Waals surface area contributed by atoms with E-state index in [0.717, 1.165) is 17.0 Å². The van der Waals surface area contributed by atoms with Gasteiger partial charge in [-0.25, -0.2) is 4.79 Å². The van der Waals surface area contributed by atoms with E-state index in [1.165, 1.54) is 0 Å². The highest BCUT2D eigenvalue weighted by molar-refractivity contribution is 5.67. The van der Waals surface area contributed by atoms with Crippen molar-refractivity contribution in [2.45, 2.75) is 12.8 Å². The van der Waals surface area contributed by atoms with Crippen LogP contribution in [0.1, 0.15) is 11.3 Å². The SMILES string of the molecule is COc1cccc(CCOC(=O)N(C)CCc2ccccn2)c1. The van der Waals surface area contributed by atoms with Crippen molar-refractivity contribution in [1.82, 2.24) is 9.88 Å². The van der Waals surface area contributed by atoms with Crippen LogP contribution in [-0.2, 0) is 17.6 Å². The van der Waals surface area contributed by atoms with Gasteiger partial charge < -0.3 is 14.4 Å². The Morgan fingerprint density at radius 3 is 2.78 bits per heavy atom. The second-order valence-corrected chi connectivity index (χ2v) is 5.21. The maximum absolute atomic E-state index is 11.9. The second kappa shape index (κ2) is 8.78. The Labute approximate surface area is 136 Å². The van der Waals surface area contributed by atoms with Crippen molar-refractivity contribution in [3.05, 3.63) is 59.9 Å². The molecule has 23 heavy (non-hydrogen) atoms. The lowest BCUT2D eigenvalue weighted by molar-refractivity contribution is 0.112. The van der Waals surface area contributed by atoms with E-state index in [0.29, 0.717) is 26.0 Å². The number of hydrogen-bond donors (Lipinski definition) is 0. The van der Waals surface area contributed by atoms with Crippen LogP contribution >= 0.6 is 0 Å². The van der Waals surface area contributed by atoms with Crippen LogP contribution < -0.4 is 4.74 Å². The van der Waals surface area contributed by atoms with Gasteiger partial charge in [0, 0.05) is 38.3 Å². The van der Waals surface area contributed by atoms with E-state index in [9.17, 15) is 4.79 Å². The number of carbonyl (C=O) groups is 1.